The Bertz CT molecular complexity index is 795. The molecule has 0 bridgehead atoms. The largest absolute Gasteiger partial charge is 0.396 e. The molecule has 0 radical (unpaired) electrons. The van der Waals surface area contributed by atoms with Gasteiger partial charge in [0.2, 0.25) is 5.91 Å². The minimum absolute atomic E-state index is 0.00928. The monoisotopic (exact) mass is 321 g/mol. The van der Waals surface area contributed by atoms with E-state index in [1.165, 1.54) is 0 Å². The Morgan fingerprint density at radius 1 is 1.12 bits per heavy atom. The molecule has 3 N–H and O–H groups in total. The van der Waals surface area contributed by atoms with Crippen LogP contribution in [-0.2, 0) is 11.3 Å². The smallest absolute Gasteiger partial charge is 0.224 e. The molecule has 24 heavy (non-hydrogen) atoms. The average Bonchev–Trinajstić information content (AvgIpc) is 2.59. The van der Waals surface area contributed by atoms with Crippen molar-refractivity contribution < 1.29 is 4.79 Å². The van der Waals surface area contributed by atoms with Crippen LogP contribution >= 0.6 is 0 Å². The van der Waals surface area contributed by atoms with Gasteiger partial charge in [-0.05, 0) is 18.1 Å². The number of fused-ring (bicyclic) bond motifs is 2. The van der Waals surface area contributed by atoms with Gasteiger partial charge in [-0.15, -0.1) is 0 Å². The van der Waals surface area contributed by atoms with Crippen LogP contribution in [-0.4, -0.2) is 12.5 Å². The number of benzene rings is 2. The van der Waals surface area contributed by atoms with E-state index in [-0.39, 0.29) is 5.91 Å². The van der Waals surface area contributed by atoms with Crippen molar-refractivity contribution in [3.05, 3.63) is 65.2 Å². The molecule has 124 valence electrons. The topological polar surface area (TPSA) is 58.4 Å². The third-order valence-corrected chi connectivity index (χ3v) is 4.30. The van der Waals surface area contributed by atoms with Gasteiger partial charge in [0.15, 0.2) is 0 Å². The van der Waals surface area contributed by atoms with E-state index in [9.17, 15) is 4.79 Å². The van der Waals surface area contributed by atoms with Crippen molar-refractivity contribution >= 4 is 23.0 Å². The molecule has 0 spiro atoms. The molecule has 0 aliphatic carbocycles. The first-order chi connectivity index (χ1) is 11.6. The first-order valence-electron chi connectivity index (χ1n) is 8.33. The fourth-order valence-electron chi connectivity index (χ4n) is 3.10. The number of nitrogens with zero attached hydrogens (tertiary/aromatic N) is 1. The Balaban J connectivity index is 2.28. The molecule has 3 rings (SSSR count). The van der Waals surface area contributed by atoms with Crippen molar-refractivity contribution in [1.29, 1.82) is 0 Å². The highest BCUT2D eigenvalue weighted by molar-refractivity contribution is 6.00. The number of hydrogen-bond donors (Lipinski definition) is 2. The zero-order valence-electron chi connectivity index (χ0n) is 14.2. The van der Waals surface area contributed by atoms with E-state index in [1.54, 1.807) is 11.8 Å². The van der Waals surface area contributed by atoms with Crippen molar-refractivity contribution in [2.75, 3.05) is 11.4 Å². The third kappa shape index (κ3) is 2.87. The maximum atomic E-state index is 12.3. The molecule has 0 atom stereocenters. The summed E-state index contributed by atoms with van der Waals surface area (Å²) >= 11 is 0. The Hall–Kier alpha value is -2.75. The number of rotatable bonds is 3. The van der Waals surface area contributed by atoms with Gasteiger partial charge in [0.1, 0.15) is 0 Å². The molecule has 1 heterocycles. The summed E-state index contributed by atoms with van der Waals surface area (Å²) in [6.45, 7) is 5.11. The van der Waals surface area contributed by atoms with Gasteiger partial charge in [-0.3, -0.25) is 4.79 Å². The van der Waals surface area contributed by atoms with E-state index >= 15 is 0 Å². The van der Waals surface area contributed by atoms with Gasteiger partial charge < -0.3 is 16.0 Å². The number of para-hydroxylation sites is 1. The van der Waals surface area contributed by atoms with Crippen LogP contribution in [0.15, 0.2) is 48.5 Å². The predicted molar refractivity (Wildman–Crippen MR) is 99.0 cm³/mol. The van der Waals surface area contributed by atoms with Gasteiger partial charge in [0.05, 0.1) is 23.6 Å². The lowest BCUT2D eigenvalue weighted by molar-refractivity contribution is -0.116. The lowest BCUT2D eigenvalue weighted by atomic mass is 9.96. The van der Waals surface area contributed by atoms with Gasteiger partial charge in [-0.1, -0.05) is 49.4 Å². The van der Waals surface area contributed by atoms with Crippen molar-refractivity contribution in [2.45, 2.75) is 26.8 Å². The van der Waals surface area contributed by atoms with E-state index in [2.05, 4.69) is 24.4 Å². The van der Waals surface area contributed by atoms with Crippen molar-refractivity contribution in [3.63, 3.8) is 0 Å². The van der Waals surface area contributed by atoms with Gasteiger partial charge >= 0.3 is 0 Å². The second-order valence-electron chi connectivity index (χ2n) is 5.99. The normalized spacial score (nSPS) is 16.7. The SMILES string of the molecule is CCCN/C1=C(\N)c2ccccc2N(C(C)=O)Cc2ccccc21. The summed E-state index contributed by atoms with van der Waals surface area (Å²) in [5.74, 6) is 0.00928. The van der Waals surface area contributed by atoms with E-state index in [0.717, 1.165) is 41.0 Å². The first-order valence-corrected chi connectivity index (χ1v) is 8.33. The minimum atomic E-state index is 0.00928. The Labute approximate surface area is 143 Å². The highest BCUT2D eigenvalue weighted by Gasteiger charge is 2.23. The predicted octanol–water partition coefficient (Wildman–Crippen LogP) is 3.34. The van der Waals surface area contributed by atoms with Crippen molar-refractivity contribution in [3.8, 4) is 0 Å². The lowest BCUT2D eigenvalue weighted by Gasteiger charge is -2.29. The zero-order valence-corrected chi connectivity index (χ0v) is 14.2. The molecule has 0 saturated heterocycles. The Morgan fingerprint density at radius 3 is 2.50 bits per heavy atom. The number of carbonyl (C=O) groups is 1. The molecule has 1 aliphatic heterocycles. The number of carbonyl (C=O) groups excluding carboxylic acids is 1. The second kappa shape index (κ2) is 6.79. The number of anilines is 1. The fourth-order valence-corrected chi connectivity index (χ4v) is 3.10. The summed E-state index contributed by atoms with van der Waals surface area (Å²) in [6, 6.07) is 15.9. The summed E-state index contributed by atoms with van der Waals surface area (Å²) in [5, 5.41) is 3.48. The molecule has 2 aromatic rings. The summed E-state index contributed by atoms with van der Waals surface area (Å²) in [4.78, 5) is 14.0. The quantitative estimate of drug-likeness (QED) is 0.911. The molecule has 1 aliphatic rings. The average molecular weight is 321 g/mol. The maximum Gasteiger partial charge on any atom is 0.224 e. The molecule has 4 nitrogen and oxygen atoms in total. The summed E-state index contributed by atoms with van der Waals surface area (Å²) in [7, 11) is 0. The third-order valence-electron chi connectivity index (χ3n) is 4.30. The van der Waals surface area contributed by atoms with Crippen LogP contribution in [0.25, 0.3) is 11.4 Å². The Kier molecular flexibility index (Phi) is 4.56. The molecule has 0 saturated carbocycles. The van der Waals surface area contributed by atoms with Gasteiger partial charge in [-0.25, -0.2) is 0 Å². The summed E-state index contributed by atoms with van der Waals surface area (Å²) in [6.07, 6.45) is 1.01. The van der Waals surface area contributed by atoms with Crippen LogP contribution in [0.3, 0.4) is 0 Å². The van der Waals surface area contributed by atoms with Crippen LogP contribution in [0.4, 0.5) is 5.69 Å². The molecular formula is C20H23N3O. The molecule has 0 aromatic heterocycles. The van der Waals surface area contributed by atoms with Gasteiger partial charge in [0, 0.05) is 24.6 Å². The number of nitrogens with two attached hydrogens (primary N) is 1. The van der Waals surface area contributed by atoms with Gasteiger partial charge in [0.25, 0.3) is 0 Å². The van der Waals surface area contributed by atoms with E-state index in [0.29, 0.717) is 12.2 Å². The zero-order chi connectivity index (χ0) is 17.1. The van der Waals surface area contributed by atoms with Crippen molar-refractivity contribution in [1.82, 2.24) is 5.32 Å². The number of hydrogen-bond acceptors (Lipinski definition) is 3. The molecule has 0 unspecified atom stereocenters. The molecule has 2 aromatic carbocycles. The van der Waals surface area contributed by atoms with Crippen LogP contribution in [0, 0.1) is 0 Å². The van der Waals surface area contributed by atoms with E-state index < -0.39 is 0 Å². The summed E-state index contributed by atoms with van der Waals surface area (Å²) < 4.78 is 0. The highest BCUT2D eigenvalue weighted by atomic mass is 16.2. The Morgan fingerprint density at radius 2 is 1.79 bits per heavy atom. The van der Waals surface area contributed by atoms with Gasteiger partial charge in [-0.2, -0.15) is 0 Å². The van der Waals surface area contributed by atoms with E-state index in [4.69, 9.17) is 5.73 Å². The lowest BCUT2D eigenvalue weighted by Crippen LogP contribution is -2.31. The minimum Gasteiger partial charge on any atom is -0.396 e. The molecule has 4 heteroatoms. The standard InChI is InChI=1S/C20H23N3O/c1-3-12-22-20-16-9-5-4-8-15(16)13-23(14(2)24)18-11-7-6-10-17(18)19(20)21/h4-11,22H,3,12-13,21H2,1-2H3/b20-19-. The second-order valence-corrected chi connectivity index (χ2v) is 5.99. The van der Waals surface area contributed by atoms with Crippen molar-refractivity contribution in [2.24, 2.45) is 5.73 Å². The van der Waals surface area contributed by atoms with Crippen LogP contribution in [0.1, 0.15) is 37.0 Å². The number of amides is 1. The fraction of sp³-hybridized carbons (Fsp3) is 0.250. The highest BCUT2D eigenvalue weighted by Crippen LogP contribution is 2.34. The first kappa shape index (κ1) is 16.1. The molecule has 0 fully saturated rings. The van der Waals surface area contributed by atoms with Crippen LogP contribution < -0.4 is 16.0 Å². The van der Waals surface area contributed by atoms with Crippen LogP contribution in [0.5, 0.6) is 0 Å². The molecular weight excluding hydrogens is 298 g/mol. The van der Waals surface area contributed by atoms with Crippen LogP contribution in [0.2, 0.25) is 0 Å². The molecule has 1 amide bonds. The summed E-state index contributed by atoms with van der Waals surface area (Å²) in [5.41, 5.74) is 12.1. The number of nitrogens with one attached hydrogen (secondary N) is 1. The van der Waals surface area contributed by atoms with E-state index in [1.807, 2.05) is 36.4 Å². The maximum absolute atomic E-state index is 12.3.